The van der Waals surface area contributed by atoms with Gasteiger partial charge in [0.2, 0.25) is 0 Å². The van der Waals surface area contributed by atoms with Crippen LogP contribution in [0.5, 0.6) is 5.75 Å². The maximum Gasteiger partial charge on any atom is 0.338 e. The Morgan fingerprint density at radius 2 is 1.84 bits per heavy atom. The molecule has 5 N–H and O–H groups in total. The van der Waals surface area contributed by atoms with Gasteiger partial charge in [0, 0.05) is 23.1 Å². The molecule has 8 nitrogen and oxygen atoms in total. The first kappa shape index (κ1) is 24.8. The highest BCUT2D eigenvalue weighted by Crippen LogP contribution is 2.33. The largest absolute Gasteiger partial charge is 0.491 e. The highest BCUT2D eigenvalue weighted by Gasteiger charge is 2.17. The Labute approximate surface area is 216 Å². The number of aromatic carboxylic acids is 1. The van der Waals surface area contributed by atoms with Crippen molar-refractivity contribution in [2.24, 2.45) is 5.73 Å². The number of carboxylic acids is 1. The molecule has 0 saturated heterocycles. The van der Waals surface area contributed by atoms with Crippen LogP contribution in [0.1, 0.15) is 16.2 Å². The van der Waals surface area contributed by atoms with Gasteiger partial charge >= 0.3 is 5.97 Å². The number of carbonyl (C=O) groups is 1. The number of ether oxygens (including phenoxy) is 1. The Balaban J connectivity index is 1.52. The number of halogens is 2. The van der Waals surface area contributed by atoms with E-state index >= 15 is 0 Å². The SMILES string of the molecule is NCCOc1cnc2ccc(-c3nc(CNc4cccc(C(=O)O)c4F)[nH]c3-c3ccc(F)cc3)cc2c1. The average molecular weight is 516 g/mol. The van der Waals surface area contributed by atoms with Crippen LogP contribution < -0.4 is 15.8 Å². The fourth-order valence-electron chi connectivity index (χ4n) is 4.07. The molecule has 0 bridgehead atoms. The van der Waals surface area contributed by atoms with Crippen molar-refractivity contribution in [1.82, 2.24) is 15.0 Å². The number of hydrogen-bond donors (Lipinski definition) is 4. The van der Waals surface area contributed by atoms with E-state index in [1.807, 2.05) is 24.3 Å². The first-order valence-electron chi connectivity index (χ1n) is 11.8. The Kier molecular flexibility index (Phi) is 6.96. The van der Waals surface area contributed by atoms with Gasteiger partial charge in [-0.1, -0.05) is 12.1 Å². The molecule has 0 unspecified atom stereocenters. The summed E-state index contributed by atoms with van der Waals surface area (Å²) in [5, 5.41) is 12.9. The summed E-state index contributed by atoms with van der Waals surface area (Å²) in [7, 11) is 0. The van der Waals surface area contributed by atoms with Gasteiger partial charge in [-0.25, -0.2) is 18.6 Å². The van der Waals surface area contributed by atoms with Gasteiger partial charge in [0.1, 0.15) is 24.0 Å². The summed E-state index contributed by atoms with van der Waals surface area (Å²) in [6, 6.07) is 17.6. The summed E-state index contributed by atoms with van der Waals surface area (Å²) in [5.74, 6) is -1.52. The minimum Gasteiger partial charge on any atom is -0.491 e. The van der Waals surface area contributed by atoms with E-state index < -0.39 is 17.3 Å². The van der Waals surface area contributed by atoms with Gasteiger partial charge < -0.3 is 25.9 Å². The third kappa shape index (κ3) is 5.16. The lowest BCUT2D eigenvalue weighted by molar-refractivity contribution is 0.0692. The van der Waals surface area contributed by atoms with Gasteiger partial charge in [-0.3, -0.25) is 4.98 Å². The predicted octanol–water partition coefficient (Wildman–Crippen LogP) is 5.22. The number of benzene rings is 3. The summed E-state index contributed by atoms with van der Waals surface area (Å²) in [6.45, 7) is 0.835. The van der Waals surface area contributed by atoms with E-state index in [2.05, 4.69) is 15.3 Å². The minimum atomic E-state index is -1.35. The molecule has 0 aliphatic carbocycles. The number of pyridine rings is 1. The topological polar surface area (TPSA) is 126 Å². The third-order valence-corrected chi connectivity index (χ3v) is 5.88. The molecule has 3 aromatic carbocycles. The predicted molar refractivity (Wildman–Crippen MR) is 140 cm³/mol. The zero-order valence-corrected chi connectivity index (χ0v) is 20.0. The second-order valence-corrected chi connectivity index (χ2v) is 8.46. The van der Waals surface area contributed by atoms with Crippen molar-refractivity contribution in [3.8, 4) is 28.3 Å². The second-order valence-electron chi connectivity index (χ2n) is 8.46. The fraction of sp³-hybridized carbons (Fsp3) is 0.107. The number of nitrogens with one attached hydrogen (secondary N) is 2. The van der Waals surface area contributed by atoms with Crippen LogP contribution in [0.2, 0.25) is 0 Å². The number of H-pyrrole nitrogens is 1. The van der Waals surface area contributed by atoms with Crippen molar-refractivity contribution in [2.45, 2.75) is 6.54 Å². The first-order chi connectivity index (χ1) is 18.4. The monoisotopic (exact) mass is 515 g/mol. The number of aromatic nitrogens is 3. The van der Waals surface area contributed by atoms with Crippen LogP contribution in [0.4, 0.5) is 14.5 Å². The molecule has 0 amide bonds. The number of fused-ring (bicyclic) bond motifs is 1. The highest BCUT2D eigenvalue weighted by molar-refractivity contribution is 5.89. The van der Waals surface area contributed by atoms with Crippen molar-refractivity contribution in [3.63, 3.8) is 0 Å². The van der Waals surface area contributed by atoms with Crippen LogP contribution in [0, 0.1) is 11.6 Å². The molecular weight excluding hydrogens is 492 g/mol. The van der Waals surface area contributed by atoms with Crippen molar-refractivity contribution >= 4 is 22.6 Å². The first-order valence-corrected chi connectivity index (χ1v) is 11.8. The average Bonchev–Trinajstić information content (AvgIpc) is 3.35. The molecule has 2 aromatic heterocycles. The smallest absolute Gasteiger partial charge is 0.338 e. The Bertz CT molecular complexity index is 1620. The molecule has 5 rings (SSSR count). The van der Waals surface area contributed by atoms with E-state index in [-0.39, 0.29) is 18.0 Å². The maximum absolute atomic E-state index is 14.6. The van der Waals surface area contributed by atoms with Crippen molar-refractivity contribution in [1.29, 1.82) is 0 Å². The van der Waals surface area contributed by atoms with Gasteiger partial charge in [0.15, 0.2) is 5.82 Å². The molecule has 10 heteroatoms. The van der Waals surface area contributed by atoms with Crippen LogP contribution in [0.25, 0.3) is 33.4 Å². The molecule has 0 radical (unpaired) electrons. The van der Waals surface area contributed by atoms with E-state index in [0.29, 0.717) is 41.7 Å². The van der Waals surface area contributed by atoms with Gasteiger partial charge in [-0.2, -0.15) is 0 Å². The number of aromatic amines is 1. The number of hydrogen-bond acceptors (Lipinski definition) is 6. The van der Waals surface area contributed by atoms with E-state index in [0.717, 1.165) is 16.5 Å². The number of nitrogens with two attached hydrogens (primary N) is 1. The quantitative estimate of drug-likeness (QED) is 0.212. The molecule has 0 saturated carbocycles. The fourth-order valence-corrected chi connectivity index (χ4v) is 4.07. The van der Waals surface area contributed by atoms with Crippen molar-refractivity contribution < 1.29 is 23.4 Å². The number of rotatable bonds is 9. The second kappa shape index (κ2) is 10.7. The Hall–Kier alpha value is -4.83. The summed E-state index contributed by atoms with van der Waals surface area (Å²) < 4.78 is 33.8. The molecule has 0 aliphatic rings. The molecule has 0 atom stereocenters. The zero-order chi connectivity index (χ0) is 26.6. The summed E-state index contributed by atoms with van der Waals surface area (Å²) in [6.07, 6.45) is 1.64. The lowest BCUT2D eigenvalue weighted by Crippen LogP contribution is -2.10. The van der Waals surface area contributed by atoms with Crippen LogP contribution in [0.15, 0.2) is 72.9 Å². The number of imidazole rings is 1. The minimum absolute atomic E-state index is 0.0352. The molecule has 2 heterocycles. The summed E-state index contributed by atoms with van der Waals surface area (Å²) in [5.41, 5.74) is 8.63. The van der Waals surface area contributed by atoms with Crippen LogP contribution in [-0.4, -0.2) is 39.2 Å². The molecule has 0 aliphatic heterocycles. The third-order valence-electron chi connectivity index (χ3n) is 5.88. The Morgan fingerprint density at radius 1 is 1.05 bits per heavy atom. The van der Waals surface area contributed by atoms with Crippen molar-refractivity contribution in [2.75, 3.05) is 18.5 Å². The molecule has 38 heavy (non-hydrogen) atoms. The van der Waals surface area contributed by atoms with E-state index in [1.165, 1.54) is 30.3 Å². The van der Waals surface area contributed by atoms with Crippen LogP contribution in [-0.2, 0) is 6.54 Å². The van der Waals surface area contributed by atoms with E-state index in [9.17, 15) is 18.7 Å². The van der Waals surface area contributed by atoms with Gasteiger partial charge in [0.25, 0.3) is 0 Å². The zero-order valence-electron chi connectivity index (χ0n) is 20.0. The number of nitrogens with zero attached hydrogens (tertiary/aromatic N) is 2. The van der Waals surface area contributed by atoms with Gasteiger partial charge in [0.05, 0.1) is 40.9 Å². The lowest BCUT2D eigenvalue weighted by atomic mass is 10.0. The highest BCUT2D eigenvalue weighted by atomic mass is 19.1. The molecule has 0 spiro atoms. The molecule has 192 valence electrons. The Morgan fingerprint density at radius 3 is 2.61 bits per heavy atom. The summed E-state index contributed by atoms with van der Waals surface area (Å²) in [4.78, 5) is 23.7. The lowest BCUT2D eigenvalue weighted by Gasteiger charge is -2.07. The standard InChI is InChI=1S/C28H23F2N5O3/c29-19-7-4-16(5-8-19)26-27(17-6-9-22-18(12-17)13-20(14-32-22)38-11-10-31)35-24(34-26)15-33-23-3-1-2-21(25(23)30)28(36)37/h1-9,12-14,33H,10-11,15,31H2,(H,34,35)(H,36,37). The van der Waals surface area contributed by atoms with E-state index in [1.54, 1.807) is 18.3 Å². The number of carboxylic acid groups (broad SMARTS) is 1. The molecular formula is C28H23F2N5O3. The van der Waals surface area contributed by atoms with Crippen LogP contribution in [0.3, 0.4) is 0 Å². The maximum atomic E-state index is 14.6. The molecule has 0 fully saturated rings. The van der Waals surface area contributed by atoms with Gasteiger partial charge in [-0.15, -0.1) is 0 Å². The van der Waals surface area contributed by atoms with Gasteiger partial charge in [-0.05, 0) is 54.6 Å². The normalized spacial score (nSPS) is 11.0. The molecule has 5 aromatic rings. The summed E-state index contributed by atoms with van der Waals surface area (Å²) >= 11 is 0. The number of anilines is 1. The van der Waals surface area contributed by atoms with Crippen molar-refractivity contribution in [3.05, 3.63) is 95.9 Å². The van der Waals surface area contributed by atoms with E-state index in [4.69, 9.17) is 15.5 Å². The van der Waals surface area contributed by atoms with Crippen LogP contribution >= 0.6 is 0 Å².